The monoisotopic (exact) mass is 1570 g/mol. The van der Waals surface area contributed by atoms with E-state index in [4.69, 9.17) is 9.47 Å². The van der Waals surface area contributed by atoms with Gasteiger partial charge in [-0.3, -0.25) is 0 Å². The van der Waals surface area contributed by atoms with Gasteiger partial charge in [0.15, 0.2) is 0 Å². The summed E-state index contributed by atoms with van der Waals surface area (Å²) in [6.45, 7) is 7.89. The van der Waals surface area contributed by atoms with Gasteiger partial charge in [0.1, 0.15) is 34.6 Å². The minimum atomic E-state index is -0.893. The van der Waals surface area contributed by atoms with Crippen molar-refractivity contribution in [3.05, 3.63) is 505 Å². The van der Waals surface area contributed by atoms with Gasteiger partial charge >= 0.3 is 0 Å². The first-order chi connectivity index (χ1) is 59.6. The number of ether oxygens (including phenoxy) is 2. The van der Waals surface area contributed by atoms with E-state index < -0.39 is 10.8 Å². The van der Waals surface area contributed by atoms with Crippen LogP contribution in [0.3, 0.4) is 0 Å². The van der Waals surface area contributed by atoms with Crippen LogP contribution in [-0.4, -0.2) is 0 Å². The SMILES string of the molecule is C=Cc1ccc(Oc2ccc(C3(c4ccc(F)cc4)c4ccccc4-c4ccc(N(c5ccc(-c6cccc(-c7ccccc7)c6)cc5)c5ccc6c(c5)sc5cc(N(c7ccc(-c8cccc(-c9ccccc9)c8)cc7)c7ccc8c(c7)C(c7ccc(F)cc7)(c7ccc(Oc9ccc(C=C)cc9)cc7)c7ccccc7-8)ccc56)cc43)cc2)cc1. The lowest BCUT2D eigenvalue weighted by Crippen LogP contribution is -2.28. The largest absolute Gasteiger partial charge is 0.457 e. The lowest BCUT2D eigenvalue weighted by atomic mass is 9.67. The molecule has 0 fully saturated rings. The molecule has 0 saturated heterocycles. The topological polar surface area (TPSA) is 24.9 Å². The summed E-state index contributed by atoms with van der Waals surface area (Å²) in [4.78, 5) is 4.78. The molecule has 0 bridgehead atoms. The fourth-order valence-electron chi connectivity index (χ4n) is 18.5. The van der Waals surface area contributed by atoms with Gasteiger partial charge in [-0.1, -0.05) is 292 Å². The van der Waals surface area contributed by atoms with Crippen LogP contribution in [0.5, 0.6) is 23.0 Å². The van der Waals surface area contributed by atoms with Gasteiger partial charge in [0.05, 0.1) is 10.8 Å². The maximum atomic E-state index is 15.5. The molecule has 4 nitrogen and oxygen atoms in total. The second-order valence-electron chi connectivity index (χ2n) is 31.0. The molecule has 2 unspecified atom stereocenters. The molecule has 121 heavy (non-hydrogen) atoms. The maximum absolute atomic E-state index is 15.5. The number of hydrogen-bond donors (Lipinski definition) is 0. The number of rotatable bonds is 20. The first-order valence-corrected chi connectivity index (χ1v) is 41.5. The molecule has 574 valence electrons. The highest BCUT2D eigenvalue weighted by Gasteiger charge is 2.48. The van der Waals surface area contributed by atoms with E-state index in [-0.39, 0.29) is 11.6 Å². The summed E-state index contributed by atoms with van der Waals surface area (Å²) in [5, 5.41) is 2.28. The Balaban J connectivity index is 0.715. The standard InChI is InChI=1S/C114H76F2N2O2S/c1-3-75-29-57-97(58-30-75)119-99-61-41-87(42-62-99)113(85-37-45-89(115)46-38-85)107-27-13-11-25-101(107)103-65-53-93(71-109(103)113)117(91-49-33-79(34-50-91)83-23-15-21-81(69-83)77-17-7-5-8-18-77)95-55-67-105-106-68-56-96(74-112(106)121-111(105)73-95)118(92-51-35-80(36-52-92)84-24-16-22-82(70-84)78-19-9-6-10-20-78)94-54-66-104-102-26-12-14-28-108(102)114(110(104)72-94,86-39-47-90(116)48-40-86)88-43-63-100(64-44-88)120-98-59-31-76(4-2)32-60-98/h3-74H,1-2H2. The Bertz CT molecular complexity index is 6720. The summed E-state index contributed by atoms with van der Waals surface area (Å²) in [6, 6.07) is 148. The number of hydrogen-bond acceptors (Lipinski definition) is 5. The van der Waals surface area contributed by atoms with Crippen LogP contribution in [-0.2, 0) is 10.8 Å². The third-order valence-corrected chi connectivity index (χ3v) is 25.3. The highest BCUT2D eigenvalue weighted by Crippen LogP contribution is 2.60. The Kier molecular flexibility index (Phi) is 18.6. The van der Waals surface area contributed by atoms with Crippen molar-refractivity contribution < 1.29 is 18.3 Å². The second kappa shape index (κ2) is 30.6. The van der Waals surface area contributed by atoms with E-state index in [0.717, 1.165) is 188 Å². The number of thiophene rings is 1. The Morgan fingerprint density at radius 1 is 0.240 bits per heavy atom. The first-order valence-electron chi connectivity index (χ1n) is 40.7. The van der Waals surface area contributed by atoms with Crippen molar-refractivity contribution in [3.8, 4) is 89.8 Å². The smallest absolute Gasteiger partial charge is 0.127 e. The molecule has 19 aromatic rings. The van der Waals surface area contributed by atoms with Crippen LogP contribution >= 0.6 is 11.3 Å². The van der Waals surface area contributed by atoms with Gasteiger partial charge in [-0.25, -0.2) is 8.78 Å². The number of halogens is 2. The highest BCUT2D eigenvalue weighted by atomic mass is 32.1. The molecule has 21 rings (SSSR count). The Morgan fingerprint density at radius 3 is 0.893 bits per heavy atom. The van der Waals surface area contributed by atoms with Gasteiger partial charge in [0.25, 0.3) is 0 Å². The predicted octanol–water partition coefficient (Wildman–Crippen LogP) is 31.5. The third kappa shape index (κ3) is 13.1. The summed E-state index contributed by atoms with van der Waals surface area (Å²) < 4.78 is 46.2. The molecule has 0 radical (unpaired) electrons. The number of benzene rings is 18. The summed E-state index contributed by atoms with van der Waals surface area (Å²) in [5.74, 6) is 2.21. The van der Waals surface area contributed by atoms with Gasteiger partial charge in [-0.15, -0.1) is 11.3 Å². The molecule has 0 amide bonds. The van der Waals surface area contributed by atoms with Gasteiger partial charge < -0.3 is 19.3 Å². The van der Waals surface area contributed by atoms with Crippen molar-refractivity contribution in [1.82, 2.24) is 0 Å². The molecular formula is C114H76F2N2O2S. The van der Waals surface area contributed by atoms with Crippen LogP contribution < -0.4 is 19.3 Å². The summed E-state index contributed by atoms with van der Waals surface area (Å²) >= 11 is 1.78. The lowest BCUT2D eigenvalue weighted by Gasteiger charge is -2.35. The van der Waals surface area contributed by atoms with Crippen LogP contribution in [0.15, 0.2) is 438 Å². The summed E-state index contributed by atoms with van der Waals surface area (Å²) in [5.41, 5.74) is 27.7. The van der Waals surface area contributed by atoms with Crippen molar-refractivity contribution in [2.45, 2.75) is 10.8 Å². The first kappa shape index (κ1) is 73.4. The summed E-state index contributed by atoms with van der Waals surface area (Å²) in [6.07, 6.45) is 3.64. The van der Waals surface area contributed by atoms with Gasteiger partial charge in [0.2, 0.25) is 0 Å². The zero-order valence-corrected chi connectivity index (χ0v) is 66.7. The van der Waals surface area contributed by atoms with Crippen LogP contribution in [0.2, 0.25) is 0 Å². The van der Waals surface area contributed by atoms with Gasteiger partial charge in [-0.05, 0) is 280 Å². The van der Waals surface area contributed by atoms with E-state index in [1.807, 2.05) is 109 Å². The molecule has 0 N–H and O–H groups in total. The molecule has 18 aromatic carbocycles. The van der Waals surface area contributed by atoms with Crippen molar-refractivity contribution in [1.29, 1.82) is 0 Å². The molecule has 2 aliphatic rings. The van der Waals surface area contributed by atoms with E-state index in [9.17, 15) is 0 Å². The zero-order chi connectivity index (χ0) is 81.1. The van der Waals surface area contributed by atoms with Crippen LogP contribution in [0.4, 0.5) is 42.9 Å². The predicted molar refractivity (Wildman–Crippen MR) is 498 cm³/mol. The normalized spacial score (nSPS) is 14.2. The molecule has 7 heteroatoms. The molecule has 2 atom stereocenters. The minimum Gasteiger partial charge on any atom is -0.457 e. The highest BCUT2D eigenvalue weighted by molar-refractivity contribution is 7.25. The average Bonchev–Trinajstić information content (AvgIpc) is 1.54. The van der Waals surface area contributed by atoms with E-state index in [1.54, 1.807) is 35.6 Å². The quantitative estimate of drug-likeness (QED) is 0.0759. The van der Waals surface area contributed by atoms with E-state index in [2.05, 4.69) is 326 Å². The molecule has 0 spiro atoms. The van der Waals surface area contributed by atoms with Crippen LogP contribution in [0, 0.1) is 11.6 Å². The minimum absolute atomic E-state index is 0.307. The van der Waals surface area contributed by atoms with Crippen molar-refractivity contribution >= 4 is 77.8 Å². The molecule has 0 aliphatic heterocycles. The van der Waals surface area contributed by atoms with Gasteiger partial charge in [-0.2, -0.15) is 0 Å². The average molecular weight is 1580 g/mol. The van der Waals surface area contributed by atoms with Crippen molar-refractivity contribution in [3.63, 3.8) is 0 Å². The van der Waals surface area contributed by atoms with Gasteiger partial charge in [0, 0.05) is 54.3 Å². The summed E-state index contributed by atoms with van der Waals surface area (Å²) in [7, 11) is 0. The Morgan fingerprint density at radius 2 is 0.529 bits per heavy atom. The van der Waals surface area contributed by atoms with E-state index in [0.29, 0.717) is 11.5 Å². The second-order valence-corrected chi connectivity index (χ2v) is 32.1. The number of anilines is 6. The Labute approximate surface area is 706 Å². The fraction of sp³-hybridized carbons (Fsp3) is 0.0175. The van der Waals surface area contributed by atoms with E-state index in [1.165, 1.54) is 0 Å². The van der Waals surface area contributed by atoms with Crippen LogP contribution in [0.25, 0.3) is 99.1 Å². The van der Waals surface area contributed by atoms with E-state index >= 15 is 8.78 Å². The zero-order valence-electron chi connectivity index (χ0n) is 65.9. The number of nitrogens with zero attached hydrogens (tertiary/aromatic N) is 2. The molecule has 0 saturated carbocycles. The molecular weight excluding hydrogens is 1500 g/mol. The third-order valence-electron chi connectivity index (χ3n) is 24.2. The molecule has 2 aliphatic carbocycles. The van der Waals surface area contributed by atoms with Crippen molar-refractivity contribution in [2.75, 3.05) is 9.80 Å². The molecule has 1 aromatic heterocycles. The van der Waals surface area contributed by atoms with Crippen molar-refractivity contribution in [2.24, 2.45) is 0 Å². The Hall–Kier alpha value is -15.3. The molecule has 1 heterocycles. The number of fused-ring (bicyclic) bond motifs is 9. The fourth-order valence-corrected chi connectivity index (χ4v) is 19.7. The maximum Gasteiger partial charge on any atom is 0.127 e. The van der Waals surface area contributed by atoms with Crippen LogP contribution in [0.1, 0.15) is 55.6 Å². The lowest BCUT2D eigenvalue weighted by molar-refractivity contribution is 0.482.